The van der Waals surface area contributed by atoms with Gasteiger partial charge in [-0.2, -0.15) is 0 Å². The molecule has 5 rings (SSSR count). The first-order valence-corrected chi connectivity index (χ1v) is 9.46. The van der Waals surface area contributed by atoms with Crippen molar-refractivity contribution in [1.82, 2.24) is 4.90 Å². The highest BCUT2D eigenvalue weighted by atomic mass is 16.2. The highest BCUT2D eigenvalue weighted by molar-refractivity contribution is 6.24. The lowest BCUT2D eigenvalue weighted by Gasteiger charge is -2.27. The average Bonchev–Trinajstić information content (AvgIpc) is 3.35. The minimum Gasteiger partial charge on any atom is -0.292 e. The Labute approximate surface area is 157 Å². The Morgan fingerprint density at radius 3 is 2.19 bits per heavy atom. The van der Waals surface area contributed by atoms with Gasteiger partial charge in [-0.25, -0.2) is 4.90 Å². The number of carbonyl (C=O) groups excluding carboxylic acids is 3. The molecule has 4 atom stereocenters. The zero-order chi connectivity index (χ0) is 18.5. The summed E-state index contributed by atoms with van der Waals surface area (Å²) in [6.45, 7) is 0.771. The highest BCUT2D eigenvalue weighted by Gasteiger charge is 2.64. The molecule has 0 bridgehead atoms. The fraction of sp³-hybridized carbons (Fsp3) is 0.318. The van der Waals surface area contributed by atoms with Gasteiger partial charge in [-0.3, -0.25) is 19.3 Å². The summed E-state index contributed by atoms with van der Waals surface area (Å²) < 4.78 is 0. The molecule has 136 valence electrons. The minimum absolute atomic E-state index is 0.0159. The van der Waals surface area contributed by atoms with E-state index in [2.05, 4.69) is 4.90 Å². The van der Waals surface area contributed by atoms with Gasteiger partial charge in [0.25, 0.3) is 0 Å². The van der Waals surface area contributed by atoms with Gasteiger partial charge in [-0.1, -0.05) is 48.5 Å². The topological polar surface area (TPSA) is 57.7 Å². The molecule has 0 radical (unpaired) electrons. The van der Waals surface area contributed by atoms with Crippen LogP contribution in [0.2, 0.25) is 0 Å². The predicted molar refractivity (Wildman–Crippen MR) is 100 cm³/mol. The lowest BCUT2D eigenvalue weighted by molar-refractivity contribution is -0.123. The maximum absolute atomic E-state index is 13.3. The van der Waals surface area contributed by atoms with E-state index >= 15 is 0 Å². The van der Waals surface area contributed by atoms with E-state index in [1.165, 1.54) is 4.90 Å². The molecule has 2 aromatic rings. The Balaban J connectivity index is 1.57. The van der Waals surface area contributed by atoms with Crippen molar-refractivity contribution in [3.63, 3.8) is 0 Å². The number of carbonyl (C=O) groups is 3. The van der Waals surface area contributed by atoms with Gasteiger partial charge in [0, 0.05) is 11.6 Å². The zero-order valence-electron chi connectivity index (χ0n) is 14.8. The minimum atomic E-state index is -0.587. The lowest BCUT2D eigenvalue weighted by Crippen LogP contribution is -2.46. The summed E-state index contributed by atoms with van der Waals surface area (Å²) >= 11 is 0. The van der Waals surface area contributed by atoms with Crippen molar-refractivity contribution in [1.29, 1.82) is 0 Å². The van der Waals surface area contributed by atoms with Gasteiger partial charge in [0.15, 0.2) is 5.78 Å². The number of para-hydroxylation sites is 1. The number of fused-ring (bicyclic) bond motifs is 3. The lowest BCUT2D eigenvalue weighted by atomic mass is 9.85. The molecule has 3 heterocycles. The highest BCUT2D eigenvalue weighted by Crippen LogP contribution is 2.48. The van der Waals surface area contributed by atoms with Crippen LogP contribution in [0.15, 0.2) is 60.7 Å². The second-order valence-corrected chi connectivity index (χ2v) is 7.52. The number of Topliss-reactive ketones (excluding diaryl/α,β-unsaturated/α-hetero) is 1. The van der Waals surface area contributed by atoms with Crippen LogP contribution in [0.1, 0.15) is 23.2 Å². The molecule has 3 aliphatic heterocycles. The normalized spacial score (nSPS) is 29.9. The van der Waals surface area contributed by atoms with Gasteiger partial charge in [0.05, 0.1) is 23.6 Å². The Kier molecular flexibility index (Phi) is 3.72. The van der Waals surface area contributed by atoms with Crippen LogP contribution in [0, 0.1) is 11.8 Å². The summed E-state index contributed by atoms with van der Waals surface area (Å²) in [5, 5.41) is 0. The van der Waals surface area contributed by atoms with Gasteiger partial charge in [0.1, 0.15) is 0 Å². The van der Waals surface area contributed by atoms with E-state index in [9.17, 15) is 14.4 Å². The van der Waals surface area contributed by atoms with Crippen LogP contribution in [0.25, 0.3) is 0 Å². The van der Waals surface area contributed by atoms with Crippen LogP contribution in [-0.2, 0) is 9.59 Å². The first-order chi connectivity index (χ1) is 13.2. The Morgan fingerprint density at radius 1 is 0.852 bits per heavy atom. The summed E-state index contributed by atoms with van der Waals surface area (Å²) in [4.78, 5) is 43.2. The number of amides is 2. The first-order valence-electron chi connectivity index (χ1n) is 9.46. The number of hydrogen-bond acceptors (Lipinski definition) is 4. The van der Waals surface area contributed by atoms with E-state index in [4.69, 9.17) is 0 Å². The van der Waals surface area contributed by atoms with Gasteiger partial charge in [-0.05, 0) is 31.5 Å². The van der Waals surface area contributed by atoms with E-state index in [1.807, 2.05) is 36.4 Å². The predicted octanol–water partition coefficient (Wildman–Crippen LogP) is 2.52. The molecule has 0 N–H and O–H groups in total. The van der Waals surface area contributed by atoms with Crippen LogP contribution in [0.4, 0.5) is 5.69 Å². The molecule has 0 spiro atoms. The first kappa shape index (κ1) is 16.4. The molecule has 2 amide bonds. The van der Waals surface area contributed by atoms with Crippen molar-refractivity contribution in [2.45, 2.75) is 24.9 Å². The molecule has 0 aliphatic carbocycles. The molecule has 5 heteroatoms. The van der Waals surface area contributed by atoms with Gasteiger partial charge < -0.3 is 0 Å². The monoisotopic (exact) mass is 360 g/mol. The summed E-state index contributed by atoms with van der Waals surface area (Å²) in [6, 6.07) is 17.6. The fourth-order valence-electron chi connectivity index (χ4n) is 5.12. The Bertz CT molecular complexity index is 912. The molecule has 27 heavy (non-hydrogen) atoms. The third-order valence-corrected chi connectivity index (χ3v) is 6.19. The third-order valence-electron chi connectivity index (χ3n) is 6.19. The Morgan fingerprint density at radius 2 is 1.48 bits per heavy atom. The molecule has 5 nitrogen and oxygen atoms in total. The number of imide groups is 1. The molecular weight excluding hydrogens is 340 g/mol. The number of benzene rings is 2. The van der Waals surface area contributed by atoms with Crippen molar-refractivity contribution in [3.8, 4) is 0 Å². The molecular formula is C22H20N2O3. The van der Waals surface area contributed by atoms with Crippen molar-refractivity contribution in [3.05, 3.63) is 66.2 Å². The zero-order valence-corrected chi connectivity index (χ0v) is 14.8. The second-order valence-electron chi connectivity index (χ2n) is 7.52. The maximum Gasteiger partial charge on any atom is 0.239 e. The molecule has 0 aromatic heterocycles. The molecule has 0 saturated carbocycles. The number of anilines is 1. The third kappa shape index (κ3) is 2.31. The summed E-state index contributed by atoms with van der Waals surface area (Å²) in [5.74, 6) is -1.45. The molecule has 3 saturated heterocycles. The maximum atomic E-state index is 13.3. The summed E-state index contributed by atoms with van der Waals surface area (Å²) in [5.41, 5.74) is 1.20. The van der Waals surface area contributed by atoms with E-state index in [0.717, 1.165) is 19.4 Å². The van der Waals surface area contributed by atoms with E-state index in [0.29, 0.717) is 11.3 Å². The van der Waals surface area contributed by atoms with Crippen LogP contribution in [0.5, 0.6) is 0 Å². The van der Waals surface area contributed by atoms with Gasteiger partial charge in [0.2, 0.25) is 11.8 Å². The van der Waals surface area contributed by atoms with Crippen molar-refractivity contribution < 1.29 is 14.4 Å². The number of hydrogen-bond donors (Lipinski definition) is 0. The quantitative estimate of drug-likeness (QED) is 0.623. The largest absolute Gasteiger partial charge is 0.292 e. The van der Waals surface area contributed by atoms with E-state index in [-0.39, 0.29) is 23.6 Å². The number of nitrogens with zero attached hydrogens (tertiary/aromatic N) is 2. The van der Waals surface area contributed by atoms with Crippen molar-refractivity contribution in [2.24, 2.45) is 11.8 Å². The van der Waals surface area contributed by atoms with Crippen molar-refractivity contribution >= 4 is 23.3 Å². The van der Waals surface area contributed by atoms with Crippen molar-refractivity contribution in [2.75, 3.05) is 11.4 Å². The number of rotatable bonds is 3. The van der Waals surface area contributed by atoms with E-state index in [1.54, 1.807) is 24.3 Å². The van der Waals surface area contributed by atoms with Gasteiger partial charge in [-0.15, -0.1) is 0 Å². The van der Waals surface area contributed by atoms with Crippen LogP contribution >= 0.6 is 0 Å². The summed E-state index contributed by atoms with van der Waals surface area (Å²) in [6.07, 6.45) is 1.82. The molecule has 2 aromatic carbocycles. The van der Waals surface area contributed by atoms with Crippen LogP contribution < -0.4 is 4.90 Å². The smallest absolute Gasteiger partial charge is 0.239 e. The molecule has 3 aliphatic rings. The fourth-order valence-corrected chi connectivity index (χ4v) is 5.12. The van der Waals surface area contributed by atoms with E-state index < -0.39 is 17.9 Å². The molecule has 3 fully saturated rings. The SMILES string of the molecule is O=C(c1ccccc1)[C@H]1[C@H]2C(=O)N(c3ccccc3)C(=O)[C@@H]2[C@H]2CCCN21. The second kappa shape index (κ2) is 6.13. The standard InChI is InChI=1S/C22H20N2O3/c25-20(14-8-3-1-4-9-14)19-18-17(16-12-7-13-23(16)19)21(26)24(22(18)27)15-10-5-2-6-11-15/h1-6,8-11,16-19H,7,12-13H2/t16-,17-,18+,19-/m1/s1. The average molecular weight is 360 g/mol. The number of ketones is 1. The van der Waals surface area contributed by atoms with Crippen LogP contribution in [0.3, 0.4) is 0 Å². The summed E-state index contributed by atoms with van der Waals surface area (Å²) in [7, 11) is 0. The van der Waals surface area contributed by atoms with Gasteiger partial charge >= 0.3 is 0 Å². The van der Waals surface area contributed by atoms with Crippen LogP contribution in [-0.4, -0.2) is 41.1 Å². The molecule has 0 unspecified atom stereocenters. The Hall–Kier alpha value is -2.79.